The molecule has 1 atom stereocenters. The van der Waals surface area contributed by atoms with E-state index in [9.17, 15) is 4.39 Å². The van der Waals surface area contributed by atoms with Gasteiger partial charge in [-0.25, -0.2) is 4.39 Å². The monoisotopic (exact) mass is 212 g/mol. The van der Waals surface area contributed by atoms with Crippen LogP contribution in [0, 0.1) is 11.8 Å². The van der Waals surface area contributed by atoms with Gasteiger partial charge < -0.3 is 9.47 Å². The SMILES string of the molecule is C=C[C@H]1CO[C@H](C2CC=C(F)CC2)OC1. The molecule has 0 saturated carbocycles. The van der Waals surface area contributed by atoms with Gasteiger partial charge >= 0.3 is 0 Å². The van der Waals surface area contributed by atoms with Crippen molar-refractivity contribution < 1.29 is 13.9 Å². The third-order valence-electron chi connectivity index (χ3n) is 3.06. The van der Waals surface area contributed by atoms with E-state index in [1.165, 1.54) is 0 Å². The van der Waals surface area contributed by atoms with Crippen molar-refractivity contribution in [3.63, 3.8) is 0 Å². The molecule has 0 radical (unpaired) electrons. The van der Waals surface area contributed by atoms with Crippen LogP contribution in [0.15, 0.2) is 24.6 Å². The molecule has 3 heteroatoms. The van der Waals surface area contributed by atoms with Crippen LogP contribution in [-0.4, -0.2) is 19.5 Å². The highest BCUT2D eigenvalue weighted by Gasteiger charge is 2.29. The van der Waals surface area contributed by atoms with Gasteiger partial charge in [-0.3, -0.25) is 0 Å². The second-order valence-corrected chi connectivity index (χ2v) is 4.22. The van der Waals surface area contributed by atoms with Crippen LogP contribution in [0.1, 0.15) is 19.3 Å². The first kappa shape index (κ1) is 10.8. The Bertz CT molecular complexity index is 254. The van der Waals surface area contributed by atoms with Gasteiger partial charge in [-0.1, -0.05) is 12.2 Å². The Morgan fingerprint density at radius 1 is 1.40 bits per heavy atom. The molecule has 15 heavy (non-hydrogen) atoms. The lowest BCUT2D eigenvalue weighted by atomic mass is 9.92. The fourth-order valence-corrected chi connectivity index (χ4v) is 2.01. The van der Waals surface area contributed by atoms with Crippen LogP contribution < -0.4 is 0 Å². The molecular formula is C12H17FO2. The molecular weight excluding hydrogens is 195 g/mol. The van der Waals surface area contributed by atoms with Gasteiger partial charge in [-0.05, 0) is 19.3 Å². The summed E-state index contributed by atoms with van der Waals surface area (Å²) >= 11 is 0. The molecule has 2 nitrogen and oxygen atoms in total. The molecule has 1 saturated heterocycles. The smallest absolute Gasteiger partial charge is 0.160 e. The lowest BCUT2D eigenvalue weighted by Crippen LogP contribution is -2.36. The molecule has 0 amide bonds. The molecule has 84 valence electrons. The molecule has 0 aromatic carbocycles. The van der Waals surface area contributed by atoms with Crippen molar-refractivity contribution >= 4 is 0 Å². The van der Waals surface area contributed by atoms with Crippen molar-refractivity contribution in [1.82, 2.24) is 0 Å². The molecule has 1 aliphatic carbocycles. The lowest BCUT2D eigenvalue weighted by molar-refractivity contribution is -0.218. The summed E-state index contributed by atoms with van der Waals surface area (Å²) in [4.78, 5) is 0. The van der Waals surface area contributed by atoms with Crippen LogP contribution in [0.4, 0.5) is 4.39 Å². The Morgan fingerprint density at radius 3 is 2.67 bits per heavy atom. The number of hydrogen-bond acceptors (Lipinski definition) is 2. The first-order valence-electron chi connectivity index (χ1n) is 5.50. The van der Waals surface area contributed by atoms with Crippen LogP contribution >= 0.6 is 0 Å². The average Bonchev–Trinajstić information content (AvgIpc) is 2.30. The van der Waals surface area contributed by atoms with E-state index in [2.05, 4.69) is 6.58 Å². The van der Waals surface area contributed by atoms with E-state index in [1.54, 1.807) is 6.08 Å². The van der Waals surface area contributed by atoms with E-state index >= 15 is 0 Å². The van der Waals surface area contributed by atoms with E-state index in [4.69, 9.17) is 9.47 Å². The van der Waals surface area contributed by atoms with Crippen molar-refractivity contribution in [3.8, 4) is 0 Å². The Hall–Kier alpha value is -0.670. The first-order chi connectivity index (χ1) is 7.29. The number of hydrogen-bond donors (Lipinski definition) is 0. The Morgan fingerprint density at radius 2 is 2.13 bits per heavy atom. The zero-order valence-corrected chi connectivity index (χ0v) is 8.82. The maximum atomic E-state index is 12.8. The zero-order chi connectivity index (χ0) is 10.7. The number of allylic oxidation sites excluding steroid dienone is 2. The van der Waals surface area contributed by atoms with Gasteiger partial charge in [0.05, 0.1) is 19.0 Å². The molecule has 2 rings (SSSR count). The number of halogens is 1. The summed E-state index contributed by atoms with van der Waals surface area (Å²) in [6.45, 7) is 5.07. The average molecular weight is 212 g/mol. The summed E-state index contributed by atoms with van der Waals surface area (Å²) in [7, 11) is 0. The maximum Gasteiger partial charge on any atom is 0.160 e. The molecule has 1 fully saturated rings. The summed E-state index contributed by atoms with van der Waals surface area (Å²) in [5, 5.41) is 0. The molecule has 0 spiro atoms. The molecule has 1 unspecified atom stereocenters. The topological polar surface area (TPSA) is 18.5 Å². The van der Waals surface area contributed by atoms with Crippen molar-refractivity contribution in [1.29, 1.82) is 0 Å². The molecule has 0 bridgehead atoms. The predicted molar refractivity (Wildman–Crippen MR) is 55.9 cm³/mol. The molecule has 2 aliphatic rings. The summed E-state index contributed by atoms with van der Waals surface area (Å²) in [5.74, 6) is 0.624. The highest BCUT2D eigenvalue weighted by Crippen LogP contribution is 2.30. The zero-order valence-electron chi connectivity index (χ0n) is 8.82. The van der Waals surface area contributed by atoms with Crippen molar-refractivity contribution in [2.75, 3.05) is 13.2 Å². The van der Waals surface area contributed by atoms with E-state index < -0.39 is 0 Å². The van der Waals surface area contributed by atoms with Crippen molar-refractivity contribution in [2.24, 2.45) is 11.8 Å². The minimum Gasteiger partial charge on any atom is -0.352 e. The standard InChI is InChI=1S/C12H17FO2/c1-2-9-7-14-12(15-8-9)10-3-5-11(13)6-4-10/h2,5,9-10,12H,1,3-4,6-8H2/t9-,10?,12-. The van der Waals surface area contributed by atoms with E-state index in [1.807, 2.05) is 6.08 Å². The van der Waals surface area contributed by atoms with Gasteiger partial charge in [0, 0.05) is 11.8 Å². The Labute approximate surface area is 89.8 Å². The highest BCUT2D eigenvalue weighted by molar-refractivity contribution is 4.98. The lowest BCUT2D eigenvalue weighted by Gasteiger charge is -2.34. The maximum absolute atomic E-state index is 12.8. The Kier molecular flexibility index (Phi) is 3.54. The summed E-state index contributed by atoms with van der Waals surface area (Å²) in [5.41, 5.74) is 0. The third-order valence-corrected chi connectivity index (χ3v) is 3.06. The second kappa shape index (κ2) is 4.90. The minimum absolute atomic E-state index is 0.00558. The van der Waals surface area contributed by atoms with Gasteiger partial charge in [0.2, 0.25) is 0 Å². The predicted octanol–water partition coefficient (Wildman–Crippen LogP) is 2.82. The van der Waals surface area contributed by atoms with Gasteiger partial charge in [-0.2, -0.15) is 0 Å². The van der Waals surface area contributed by atoms with Crippen LogP contribution in [0.3, 0.4) is 0 Å². The molecule has 1 heterocycles. The highest BCUT2D eigenvalue weighted by atomic mass is 19.1. The summed E-state index contributed by atoms with van der Waals surface area (Å²) in [6, 6.07) is 0. The molecule has 0 N–H and O–H groups in total. The number of ether oxygens (including phenoxy) is 2. The fraction of sp³-hybridized carbons (Fsp3) is 0.667. The van der Waals surface area contributed by atoms with E-state index in [0.717, 1.165) is 12.8 Å². The summed E-state index contributed by atoms with van der Waals surface area (Å²) < 4.78 is 24.0. The van der Waals surface area contributed by atoms with E-state index in [0.29, 0.717) is 31.5 Å². The van der Waals surface area contributed by atoms with Crippen LogP contribution in [0.25, 0.3) is 0 Å². The minimum atomic E-state index is -0.148. The first-order valence-corrected chi connectivity index (χ1v) is 5.50. The normalized spacial score (nSPS) is 37.1. The van der Waals surface area contributed by atoms with Crippen LogP contribution in [0.5, 0.6) is 0 Å². The van der Waals surface area contributed by atoms with Crippen molar-refractivity contribution in [2.45, 2.75) is 25.6 Å². The van der Waals surface area contributed by atoms with Gasteiger partial charge in [0.1, 0.15) is 0 Å². The second-order valence-electron chi connectivity index (χ2n) is 4.22. The third kappa shape index (κ3) is 2.67. The van der Waals surface area contributed by atoms with Crippen LogP contribution in [-0.2, 0) is 9.47 Å². The largest absolute Gasteiger partial charge is 0.352 e. The molecule has 0 aromatic heterocycles. The van der Waals surface area contributed by atoms with Gasteiger partial charge in [0.25, 0.3) is 0 Å². The van der Waals surface area contributed by atoms with Gasteiger partial charge in [-0.15, -0.1) is 6.58 Å². The summed E-state index contributed by atoms with van der Waals surface area (Å²) in [6.07, 6.45) is 5.45. The molecule has 1 aliphatic heterocycles. The quantitative estimate of drug-likeness (QED) is 0.655. The Balaban J connectivity index is 1.83. The fourth-order valence-electron chi connectivity index (χ4n) is 2.01. The van der Waals surface area contributed by atoms with Gasteiger partial charge in [0.15, 0.2) is 6.29 Å². The number of rotatable bonds is 2. The van der Waals surface area contributed by atoms with Crippen LogP contribution in [0.2, 0.25) is 0 Å². The molecule has 0 aromatic rings. The van der Waals surface area contributed by atoms with Crippen molar-refractivity contribution in [3.05, 3.63) is 24.6 Å². The van der Waals surface area contributed by atoms with E-state index in [-0.39, 0.29) is 12.1 Å².